The van der Waals surface area contributed by atoms with Gasteiger partial charge in [-0.15, -0.1) is 10.2 Å². The molecule has 0 amide bonds. The van der Waals surface area contributed by atoms with E-state index in [-0.39, 0.29) is 5.82 Å². The molecule has 0 fully saturated rings. The van der Waals surface area contributed by atoms with E-state index in [4.69, 9.17) is 4.52 Å². The number of aromatic nitrogens is 6. The lowest BCUT2D eigenvalue weighted by Crippen LogP contribution is -2.04. The molecule has 11 heteroatoms. The quantitative estimate of drug-likeness (QED) is 0.448. The van der Waals surface area contributed by atoms with Crippen molar-refractivity contribution >= 4 is 11.8 Å². The van der Waals surface area contributed by atoms with E-state index in [0.717, 1.165) is 17.7 Å². The van der Waals surface area contributed by atoms with Crippen molar-refractivity contribution in [3.8, 4) is 22.8 Å². The molecule has 0 N–H and O–H groups in total. The van der Waals surface area contributed by atoms with Crippen LogP contribution in [0.4, 0.5) is 13.2 Å². The van der Waals surface area contributed by atoms with Gasteiger partial charge < -0.3 is 9.09 Å². The van der Waals surface area contributed by atoms with Gasteiger partial charge in [-0.3, -0.25) is 4.98 Å². The van der Waals surface area contributed by atoms with Gasteiger partial charge in [0.15, 0.2) is 11.0 Å². The molecular weight excluding hydrogens is 405 g/mol. The van der Waals surface area contributed by atoms with E-state index < -0.39 is 11.7 Å². The fraction of sp³-hybridized carbons (Fsp3) is 0.167. The van der Waals surface area contributed by atoms with Crippen molar-refractivity contribution in [3.63, 3.8) is 0 Å². The van der Waals surface area contributed by atoms with Crippen LogP contribution in [0.2, 0.25) is 0 Å². The summed E-state index contributed by atoms with van der Waals surface area (Å²) in [7, 11) is 1.85. The molecule has 7 nitrogen and oxygen atoms in total. The van der Waals surface area contributed by atoms with Crippen LogP contribution in [-0.2, 0) is 19.0 Å². The first-order valence-electron chi connectivity index (χ1n) is 8.34. The molecule has 29 heavy (non-hydrogen) atoms. The number of nitrogens with zero attached hydrogens (tertiary/aromatic N) is 6. The summed E-state index contributed by atoms with van der Waals surface area (Å²) < 4.78 is 45.0. The number of alkyl halides is 3. The zero-order valence-electron chi connectivity index (χ0n) is 15.0. The van der Waals surface area contributed by atoms with E-state index in [2.05, 4.69) is 25.3 Å². The van der Waals surface area contributed by atoms with Gasteiger partial charge in [0.2, 0.25) is 11.7 Å². The Balaban J connectivity index is 1.45. The van der Waals surface area contributed by atoms with Crippen LogP contribution in [0, 0.1) is 0 Å². The lowest BCUT2D eigenvalue weighted by molar-refractivity contribution is -0.137. The second-order valence-electron chi connectivity index (χ2n) is 5.98. The molecule has 1 aromatic carbocycles. The highest BCUT2D eigenvalue weighted by Crippen LogP contribution is 2.31. The van der Waals surface area contributed by atoms with Crippen LogP contribution in [0.25, 0.3) is 22.8 Å². The molecule has 4 aromatic rings. The summed E-state index contributed by atoms with van der Waals surface area (Å²) in [5.74, 6) is 1.60. The summed E-state index contributed by atoms with van der Waals surface area (Å²) in [6.07, 6.45) is -1.03. The maximum absolute atomic E-state index is 12.7. The molecule has 0 atom stereocenters. The molecule has 0 unspecified atom stereocenters. The SMILES string of the molecule is Cn1c(SCc2nc(-c3ccc(C(F)(F)F)cc3)no2)nnc1-c1ccncc1. The van der Waals surface area contributed by atoms with Crippen LogP contribution < -0.4 is 0 Å². The van der Waals surface area contributed by atoms with Gasteiger partial charge in [-0.1, -0.05) is 29.1 Å². The van der Waals surface area contributed by atoms with Crippen LogP contribution in [-0.4, -0.2) is 29.9 Å². The average Bonchev–Trinajstić information content (AvgIpc) is 3.33. The zero-order chi connectivity index (χ0) is 20.4. The normalized spacial score (nSPS) is 11.7. The van der Waals surface area contributed by atoms with Gasteiger partial charge in [0.05, 0.1) is 11.3 Å². The number of thioether (sulfide) groups is 1. The van der Waals surface area contributed by atoms with Crippen molar-refractivity contribution < 1.29 is 17.7 Å². The van der Waals surface area contributed by atoms with Gasteiger partial charge in [0, 0.05) is 30.6 Å². The Labute approximate surface area is 167 Å². The Bertz CT molecular complexity index is 1110. The van der Waals surface area contributed by atoms with Crippen LogP contribution in [0.1, 0.15) is 11.5 Å². The van der Waals surface area contributed by atoms with Crippen LogP contribution in [0.15, 0.2) is 58.5 Å². The molecule has 0 aliphatic heterocycles. The first-order valence-corrected chi connectivity index (χ1v) is 9.33. The molecule has 0 saturated heterocycles. The predicted molar refractivity (Wildman–Crippen MR) is 98.5 cm³/mol. The first kappa shape index (κ1) is 19.1. The van der Waals surface area contributed by atoms with Gasteiger partial charge in [-0.2, -0.15) is 18.2 Å². The predicted octanol–water partition coefficient (Wildman–Crippen LogP) is 4.24. The van der Waals surface area contributed by atoms with Gasteiger partial charge in [-0.25, -0.2) is 0 Å². The highest BCUT2D eigenvalue weighted by atomic mass is 32.2. The Morgan fingerprint density at radius 2 is 1.72 bits per heavy atom. The topological polar surface area (TPSA) is 82.5 Å². The number of rotatable bonds is 5. The van der Waals surface area contributed by atoms with E-state index in [1.54, 1.807) is 12.4 Å². The molecule has 0 bridgehead atoms. The molecule has 3 aromatic heterocycles. The molecule has 3 heterocycles. The smallest absolute Gasteiger partial charge is 0.338 e. The molecular formula is C18H13F3N6OS. The van der Waals surface area contributed by atoms with Crippen molar-refractivity contribution in [2.75, 3.05) is 0 Å². The highest BCUT2D eigenvalue weighted by Gasteiger charge is 2.30. The maximum atomic E-state index is 12.7. The fourth-order valence-electron chi connectivity index (χ4n) is 2.56. The van der Waals surface area contributed by atoms with Crippen molar-refractivity contribution in [3.05, 3.63) is 60.2 Å². The number of benzene rings is 1. The molecule has 148 valence electrons. The van der Waals surface area contributed by atoms with E-state index in [9.17, 15) is 13.2 Å². The molecule has 4 rings (SSSR count). The van der Waals surface area contributed by atoms with E-state index >= 15 is 0 Å². The molecule has 0 spiro atoms. The first-order chi connectivity index (χ1) is 13.9. The summed E-state index contributed by atoms with van der Waals surface area (Å²) in [4.78, 5) is 8.22. The third kappa shape index (κ3) is 4.14. The Kier molecular flexibility index (Phi) is 5.05. The van der Waals surface area contributed by atoms with Crippen LogP contribution in [0.5, 0.6) is 0 Å². The minimum Gasteiger partial charge on any atom is -0.338 e. The minimum absolute atomic E-state index is 0.227. The van der Waals surface area contributed by atoms with Crippen molar-refractivity contribution in [2.24, 2.45) is 7.05 Å². The van der Waals surface area contributed by atoms with Crippen LogP contribution in [0.3, 0.4) is 0 Å². The summed E-state index contributed by atoms with van der Waals surface area (Å²) in [6.45, 7) is 0. The summed E-state index contributed by atoms with van der Waals surface area (Å²) >= 11 is 1.36. The Morgan fingerprint density at radius 1 is 1.00 bits per heavy atom. The summed E-state index contributed by atoms with van der Waals surface area (Å²) in [5.41, 5.74) is 0.605. The van der Waals surface area contributed by atoms with Crippen molar-refractivity contribution in [1.82, 2.24) is 29.9 Å². The zero-order valence-corrected chi connectivity index (χ0v) is 15.8. The lowest BCUT2D eigenvalue weighted by Gasteiger charge is -2.05. The highest BCUT2D eigenvalue weighted by molar-refractivity contribution is 7.98. The van der Waals surface area contributed by atoms with Crippen molar-refractivity contribution in [1.29, 1.82) is 0 Å². The third-order valence-corrected chi connectivity index (χ3v) is 5.04. The lowest BCUT2D eigenvalue weighted by atomic mass is 10.1. The second-order valence-corrected chi connectivity index (χ2v) is 6.92. The number of halogens is 3. The Morgan fingerprint density at radius 3 is 2.41 bits per heavy atom. The summed E-state index contributed by atoms with van der Waals surface area (Å²) in [6, 6.07) is 8.28. The Hall–Kier alpha value is -3.21. The van der Waals surface area contributed by atoms with E-state index in [1.165, 1.54) is 23.9 Å². The standard InChI is InChI=1S/C18H13F3N6OS/c1-27-16(12-6-8-22-9-7-12)24-25-17(27)29-10-14-23-15(26-28-14)11-2-4-13(5-3-11)18(19,20)21/h2-9H,10H2,1H3. The van der Waals surface area contributed by atoms with Gasteiger partial charge in [0.1, 0.15) is 0 Å². The van der Waals surface area contributed by atoms with E-state index in [0.29, 0.717) is 28.2 Å². The van der Waals surface area contributed by atoms with Gasteiger partial charge in [0.25, 0.3) is 0 Å². The molecule has 0 saturated carbocycles. The maximum Gasteiger partial charge on any atom is 0.416 e. The van der Waals surface area contributed by atoms with E-state index in [1.807, 2.05) is 23.7 Å². The molecule has 0 radical (unpaired) electrons. The number of pyridine rings is 1. The molecule has 0 aliphatic carbocycles. The monoisotopic (exact) mass is 418 g/mol. The van der Waals surface area contributed by atoms with Gasteiger partial charge >= 0.3 is 6.18 Å². The average molecular weight is 418 g/mol. The minimum atomic E-state index is -4.39. The summed E-state index contributed by atoms with van der Waals surface area (Å²) in [5, 5.41) is 12.8. The largest absolute Gasteiger partial charge is 0.416 e. The number of hydrogen-bond acceptors (Lipinski definition) is 7. The third-order valence-electron chi connectivity index (χ3n) is 4.04. The second kappa shape index (κ2) is 7.66. The van der Waals surface area contributed by atoms with Crippen molar-refractivity contribution in [2.45, 2.75) is 17.1 Å². The van der Waals surface area contributed by atoms with Gasteiger partial charge in [-0.05, 0) is 24.3 Å². The fourth-order valence-corrected chi connectivity index (χ4v) is 3.31. The number of hydrogen-bond donors (Lipinski definition) is 0. The van der Waals surface area contributed by atoms with Crippen LogP contribution >= 0.6 is 11.8 Å². The molecule has 0 aliphatic rings.